The molecule has 2 aromatic rings. The summed E-state index contributed by atoms with van der Waals surface area (Å²) in [6.07, 6.45) is 0.716. The normalized spacial score (nSPS) is 11.8. The number of ether oxygens (including phenoxy) is 1. The molecule has 1 aromatic heterocycles. The molecule has 102 valence electrons. The second kappa shape index (κ2) is 4.92. The number of fused-ring (bicyclic) bond motifs is 3. The monoisotopic (exact) mass is 270 g/mol. The van der Waals surface area contributed by atoms with Gasteiger partial charge in [-0.25, -0.2) is 4.68 Å². The molecule has 0 amide bonds. The number of nitrogens with zero attached hydrogens (tertiary/aromatic N) is 2. The van der Waals surface area contributed by atoms with Crippen LogP contribution in [0.25, 0.3) is 11.3 Å². The van der Waals surface area contributed by atoms with Crippen LogP contribution in [0.1, 0.15) is 18.1 Å². The van der Waals surface area contributed by atoms with Crippen LogP contribution in [0, 0.1) is 0 Å². The van der Waals surface area contributed by atoms with E-state index in [-0.39, 0.29) is 12.1 Å². The summed E-state index contributed by atoms with van der Waals surface area (Å²) >= 11 is 0. The third-order valence-electron chi connectivity index (χ3n) is 3.31. The Labute approximate surface area is 115 Å². The Morgan fingerprint density at radius 1 is 1.35 bits per heavy atom. The topological polar surface area (TPSA) is 61.2 Å². The van der Waals surface area contributed by atoms with E-state index < -0.39 is 5.97 Å². The number of esters is 1. The Morgan fingerprint density at radius 3 is 2.95 bits per heavy atom. The van der Waals surface area contributed by atoms with Crippen molar-refractivity contribution >= 4 is 5.97 Å². The lowest BCUT2D eigenvalue weighted by molar-refractivity contribution is -0.144. The van der Waals surface area contributed by atoms with E-state index >= 15 is 0 Å². The summed E-state index contributed by atoms with van der Waals surface area (Å²) in [4.78, 5) is 23.5. The zero-order valence-electron chi connectivity index (χ0n) is 11.1. The Hall–Kier alpha value is -2.43. The van der Waals surface area contributed by atoms with Gasteiger partial charge < -0.3 is 4.74 Å². The van der Waals surface area contributed by atoms with Gasteiger partial charge in [-0.05, 0) is 18.1 Å². The van der Waals surface area contributed by atoms with E-state index in [2.05, 4.69) is 5.10 Å². The molecule has 1 heterocycles. The van der Waals surface area contributed by atoms with Gasteiger partial charge >= 0.3 is 5.97 Å². The Kier molecular flexibility index (Phi) is 3.10. The van der Waals surface area contributed by atoms with Crippen LogP contribution in [0.3, 0.4) is 0 Å². The average Bonchev–Trinajstić information content (AvgIpc) is 2.77. The van der Waals surface area contributed by atoms with Gasteiger partial charge in [0.2, 0.25) is 0 Å². The van der Waals surface area contributed by atoms with E-state index in [4.69, 9.17) is 4.74 Å². The molecule has 0 N–H and O–H groups in total. The molecule has 1 aromatic carbocycles. The van der Waals surface area contributed by atoms with E-state index in [1.165, 1.54) is 4.68 Å². The SMILES string of the molecule is CCOC(=O)Cn1nc2c(cc1=O)Cc1ccccc1-2. The first-order chi connectivity index (χ1) is 9.69. The van der Waals surface area contributed by atoms with Crippen LogP contribution >= 0.6 is 0 Å². The summed E-state index contributed by atoms with van der Waals surface area (Å²) in [7, 11) is 0. The third kappa shape index (κ3) is 2.11. The third-order valence-corrected chi connectivity index (χ3v) is 3.31. The van der Waals surface area contributed by atoms with Crippen molar-refractivity contribution in [3.63, 3.8) is 0 Å². The molecule has 1 aliphatic carbocycles. The minimum Gasteiger partial charge on any atom is -0.465 e. The van der Waals surface area contributed by atoms with Crippen molar-refractivity contribution in [2.24, 2.45) is 0 Å². The maximum atomic E-state index is 12.0. The molecule has 0 spiro atoms. The first-order valence-electron chi connectivity index (χ1n) is 6.54. The van der Waals surface area contributed by atoms with Gasteiger partial charge in [-0.2, -0.15) is 5.10 Å². The van der Waals surface area contributed by atoms with Crippen molar-refractivity contribution in [1.82, 2.24) is 9.78 Å². The number of benzene rings is 1. The minimum atomic E-state index is -0.451. The molecule has 0 fully saturated rings. The summed E-state index contributed by atoms with van der Waals surface area (Å²) in [6.45, 7) is 1.87. The fourth-order valence-electron chi connectivity index (χ4n) is 2.44. The van der Waals surface area contributed by atoms with Crippen molar-refractivity contribution in [3.05, 3.63) is 51.8 Å². The number of hydrogen-bond donors (Lipinski definition) is 0. The lowest BCUT2D eigenvalue weighted by Gasteiger charge is -2.06. The van der Waals surface area contributed by atoms with E-state index in [0.717, 1.165) is 22.4 Å². The molecule has 0 atom stereocenters. The van der Waals surface area contributed by atoms with Crippen molar-refractivity contribution in [1.29, 1.82) is 0 Å². The Morgan fingerprint density at radius 2 is 2.15 bits per heavy atom. The molecule has 1 aliphatic rings. The highest BCUT2D eigenvalue weighted by atomic mass is 16.5. The summed E-state index contributed by atoms with van der Waals surface area (Å²) in [5.41, 5.74) is 3.61. The molecular formula is C15H14N2O3. The lowest BCUT2D eigenvalue weighted by atomic mass is 10.1. The molecule has 0 unspecified atom stereocenters. The van der Waals surface area contributed by atoms with Crippen molar-refractivity contribution in [3.8, 4) is 11.3 Å². The summed E-state index contributed by atoms with van der Waals surface area (Å²) in [5.74, 6) is -0.451. The fourth-order valence-corrected chi connectivity index (χ4v) is 2.44. The zero-order valence-corrected chi connectivity index (χ0v) is 11.1. The fraction of sp³-hybridized carbons (Fsp3) is 0.267. The van der Waals surface area contributed by atoms with Crippen molar-refractivity contribution in [2.75, 3.05) is 6.61 Å². The number of rotatable bonds is 3. The predicted octanol–water partition coefficient (Wildman–Crippen LogP) is 1.38. The van der Waals surface area contributed by atoms with Crippen LogP contribution < -0.4 is 5.56 Å². The number of carbonyl (C=O) groups excluding carboxylic acids is 1. The Bertz CT molecular complexity index is 734. The summed E-state index contributed by atoms with van der Waals surface area (Å²) < 4.78 is 6.02. The highest BCUT2D eigenvalue weighted by molar-refractivity contribution is 5.73. The molecule has 20 heavy (non-hydrogen) atoms. The number of aromatic nitrogens is 2. The van der Waals surface area contributed by atoms with E-state index in [1.54, 1.807) is 13.0 Å². The molecule has 5 heteroatoms. The second-order valence-electron chi connectivity index (χ2n) is 4.65. The molecule has 0 radical (unpaired) electrons. The quantitative estimate of drug-likeness (QED) is 0.674. The first kappa shape index (κ1) is 12.6. The Balaban J connectivity index is 2.01. The highest BCUT2D eigenvalue weighted by Gasteiger charge is 2.21. The summed E-state index contributed by atoms with van der Waals surface area (Å²) in [5, 5.41) is 4.32. The van der Waals surface area contributed by atoms with Crippen LogP contribution in [-0.4, -0.2) is 22.4 Å². The van der Waals surface area contributed by atoms with Gasteiger partial charge in [0.15, 0.2) is 0 Å². The molecule has 0 bridgehead atoms. The number of hydrogen-bond acceptors (Lipinski definition) is 4. The standard InChI is InChI=1S/C15H14N2O3/c1-2-20-14(19)9-17-13(18)8-11-7-10-5-3-4-6-12(10)15(11)16-17/h3-6,8H,2,7,9H2,1H3. The maximum Gasteiger partial charge on any atom is 0.327 e. The van der Waals surface area contributed by atoms with E-state index in [0.29, 0.717) is 13.0 Å². The van der Waals surface area contributed by atoms with Gasteiger partial charge in [0.25, 0.3) is 5.56 Å². The van der Waals surface area contributed by atoms with Crippen molar-refractivity contribution < 1.29 is 9.53 Å². The van der Waals surface area contributed by atoms with Gasteiger partial charge in [0.05, 0.1) is 12.3 Å². The van der Waals surface area contributed by atoms with Gasteiger partial charge in [-0.3, -0.25) is 9.59 Å². The zero-order chi connectivity index (χ0) is 14.1. The molecular weight excluding hydrogens is 256 g/mol. The number of carbonyl (C=O) groups is 1. The minimum absolute atomic E-state index is 0.151. The van der Waals surface area contributed by atoms with Gasteiger partial charge in [-0.1, -0.05) is 24.3 Å². The van der Waals surface area contributed by atoms with Gasteiger partial charge in [0, 0.05) is 18.1 Å². The molecule has 0 saturated heterocycles. The van der Waals surface area contributed by atoms with Crippen LogP contribution in [0.4, 0.5) is 0 Å². The van der Waals surface area contributed by atoms with Crippen LogP contribution in [0.15, 0.2) is 35.1 Å². The molecule has 0 saturated carbocycles. The van der Waals surface area contributed by atoms with Gasteiger partial charge in [-0.15, -0.1) is 0 Å². The highest BCUT2D eigenvalue weighted by Crippen LogP contribution is 2.33. The van der Waals surface area contributed by atoms with Crippen molar-refractivity contribution in [2.45, 2.75) is 19.9 Å². The predicted molar refractivity (Wildman–Crippen MR) is 73.4 cm³/mol. The summed E-state index contributed by atoms with van der Waals surface area (Å²) in [6, 6.07) is 9.47. The maximum absolute atomic E-state index is 12.0. The van der Waals surface area contributed by atoms with E-state index in [9.17, 15) is 9.59 Å². The van der Waals surface area contributed by atoms with Gasteiger partial charge in [0.1, 0.15) is 6.54 Å². The average molecular weight is 270 g/mol. The largest absolute Gasteiger partial charge is 0.465 e. The molecule has 0 aliphatic heterocycles. The van der Waals surface area contributed by atoms with E-state index in [1.807, 2.05) is 24.3 Å². The molecule has 3 rings (SSSR count). The smallest absolute Gasteiger partial charge is 0.327 e. The molecule has 5 nitrogen and oxygen atoms in total. The first-order valence-corrected chi connectivity index (χ1v) is 6.54. The lowest BCUT2D eigenvalue weighted by Crippen LogP contribution is -2.27. The van der Waals surface area contributed by atoms with Crippen LogP contribution in [0.2, 0.25) is 0 Å². The second-order valence-corrected chi connectivity index (χ2v) is 4.65. The van der Waals surface area contributed by atoms with Crippen LogP contribution in [-0.2, 0) is 22.5 Å². The van der Waals surface area contributed by atoms with Crippen LogP contribution in [0.5, 0.6) is 0 Å².